The third kappa shape index (κ3) is 4.57. The maximum absolute atomic E-state index is 12.6. The lowest BCUT2D eigenvalue weighted by molar-refractivity contribution is -0.121. The number of anilines is 2. The number of aromatic hydroxyl groups is 1. The molecule has 1 atom stereocenters. The van der Waals surface area contributed by atoms with Gasteiger partial charge in [0.05, 0.1) is 30.0 Å². The third-order valence-corrected chi connectivity index (χ3v) is 6.35. The summed E-state index contributed by atoms with van der Waals surface area (Å²) in [7, 11) is 1.92. The smallest absolute Gasteiger partial charge is 0.220 e. The molecule has 4 rings (SSSR count). The fraction of sp³-hybridized carbons (Fsp3) is 0.400. The zero-order chi connectivity index (χ0) is 22.7. The fourth-order valence-electron chi connectivity index (χ4n) is 4.34. The minimum atomic E-state index is -0.505. The molecule has 0 saturated carbocycles. The second-order valence-corrected chi connectivity index (χ2v) is 8.69. The van der Waals surface area contributed by atoms with Crippen LogP contribution in [0.15, 0.2) is 36.4 Å². The van der Waals surface area contributed by atoms with Crippen molar-refractivity contribution >= 4 is 35.0 Å². The molecule has 2 N–H and O–H groups in total. The number of hydrogen-bond donors (Lipinski definition) is 2. The van der Waals surface area contributed by atoms with E-state index in [1.807, 2.05) is 43.2 Å². The number of ether oxygens (including phenoxy) is 1. The molecular formula is C25H30ClN3O3. The zero-order valence-electron chi connectivity index (χ0n) is 18.6. The average Bonchev–Trinajstić information content (AvgIpc) is 2.81. The van der Waals surface area contributed by atoms with Crippen molar-refractivity contribution in [2.45, 2.75) is 25.8 Å². The van der Waals surface area contributed by atoms with Crippen molar-refractivity contribution in [3.05, 3.63) is 58.1 Å². The highest BCUT2D eigenvalue weighted by Crippen LogP contribution is 2.44. The summed E-state index contributed by atoms with van der Waals surface area (Å²) in [6, 6.07) is 9.41. The van der Waals surface area contributed by atoms with E-state index in [-0.39, 0.29) is 11.7 Å². The van der Waals surface area contributed by atoms with E-state index < -0.39 is 6.04 Å². The SMILES string of the molecule is CCCC(=O)NC(c1ccc(N2CCOCC2)cc1)c1cc(Cl)c2c(c1O)N(C)CC=C2. The van der Waals surface area contributed by atoms with Crippen molar-refractivity contribution in [1.82, 2.24) is 5.32 Å². The van der Waals surface area contributed by atoms with Gasteiger partial charge >= 0.3 is 0 Å². The van der Waals surface area contributed by atoms with E-state index in [0.29, 0.717) is 29.2 Å². The number of rotatable bonds is 6. The number of phenols is 1. The molecule has 1 unspecified atom stereocenters. The van der Waals surface area contributed by atoms with Crippen LogP contribution in [0.1, 0.15) is 42.5 Å². The topological polar surface area (TPSA) is 65.0 Å². The number of phenolic OH excluding ortho intramolecular Hbond substituents is 1. The minimum Gasteiger partial charge on any atom is -0.505 e. The largest absolute Gasteiger partial charge is 0.505 e. The molecule has 170 valence electrons. The fourth-order valence-corrected chi connectivity index (χ4v) is 4.62. The summed E-state index contributed by atoms with van der Waals surface area (Å²) >= 11 is 6.62. The average molecular weight is 456 g/mol. The number of likely N-dealkylation sites (N-methyl/N-ethyl adjacent to an activating group) is 1. The van der Waals surface area contributed by atoms with Gasteiger partial charge in [0, 0.05) is 49.9 Å². The van der Waals surface area contributed by atoms with Gasteiger partial charge in [-0.3, -0.25) is 4.79 Å². The molecule has 7 heteroatoms. The highest BCUT2D eigenvalue weighted by molar-refractivity contribution is 6.33. The Hall–Kier alpha value is -2.70. The molecular weight excluding hydrogens is 426 g/mol. The minimum absolute atomic E-state index is 0.0590. The van der Waals surface area contributed by atoms with Gasteiger partial charge in [-0.1, -0.05) is 42.8 Å². The maximum Gasteiger partial charge on any atom is 0.220 e. The zero-order valence-corrected chi connectivity index (χ0v) is 19.4. The quantitative estimate of drug-likeness (QED) is 0.677. The first-order chi connectivity index (χ1) is 15.5. The summed E-state index contributed by atoms with van der Waals surface area (Å²) in [5.41, 5.74) is 4.09. The second kappa shape index (κ2) is 9.84. The number of benzene rings is 2. The van der Waals surface area contributed by atoms with Crippen molar-refractivity contribution in [3.8, 4) is 5.75 Å². The van der Waals surface area contributed by atoms with E-state index in [2.05, 4.69) is 22.3 Å². The molecule has 0 aliphatic carbocycles. The molecule has 2 aliphatic heterocycles. The molecule has 0 spiro atoms. The number of carbonyl (C=O) groups is 1. The molecule has 1 amide bonds. The molecule has 32 heavy (non-hydrogen) atoms. The molecule has 2 aliphatic rings. The van der Waals surface area contributed by atoms with Gasteiger partial charge in [-0.2, -0.15) is 0 Å². The maximum atomic E-state index is 12.6. The Labute approximate surface area is 194 Å². The number of fused-ring (bicyclic) bond motifs is 1. The van der Waals surface area contributed by atoms with Gasteiger partial charge in [0.25, 0.3) is 0 Å². The Morgan fingerprint density at radius 2 is 1.97 bits per heavy atom. The first kappa shape index (κ1) is 22.5. The van der Waals surface area contributed by atoms with Crippen LogP contribution in [0.25, 0.3) is 6.08 Å². The molecule has 0 bridgehead atoms. The predicted octanol–water partition coefficient (Wildman–Crippen LogP) is 4.35. The van der Waals surface area contributed by atoms with E-state index in [1.54, 1.807) is 6.07 Å². The molecule has 2 aromatic rings. The van der Waals surface area contributed by atoms with Crippen LogP contribution < -0.4 is 15.1 Å². The van der Waals surface area contributed by atoms with Crippen LogP contribution in [-0.4, -0.2) is 50.9 Å². The molecule has 1 saturated heterocycles. The molecule has 0 radical (unpaired) electrons. The van der Waals surface area contributed by atoms with Gasteiger partial charge in [-0.25, -0.2) is 0 Å². The van der Waals surface area contributed by atoms with Crippen molar-refractivity contribution in [2.24, 2.45) is 0 Å². The van der Waals surface area contributed by atoms with Gasteiger partial charge in [0.1, 0.15) is 5.75 Å². The van der Waals surface area contributed by atoms with Gasteiger partial charge < -0.3 is 25.0 Å². The van der Waals surface area contributed by atoms with Crippen molar-refractivity contribution in [1.29, 1.82) is 0 Å². The van der Waals surface area contributed by atoms with E-state index in [4.69, 9.17) is 16.3 Å². The highest BCUT2D eigenvalue weighted by atomic mass is 35.5. The van der Waals surface area contributed by atoms with Crippen LogP contribution in [0.4, 0.5) is 11.4 Å². The van der Waals surface area contributed by atoms with Crippen LogP contribution in [0.3, 0.4) is 0 Å². The standard InChI is InChI=1S/C25H30ClN3O3/c1-3-5-22(30)27-23(17-7-9-18(10-8-17)29-12-14-32-15-13-29)20-16-21(26)19-6-4-11-28(2)24(19)25(20)31/h4,6-10,16,23,31H,3,5,11-15H2,1-2H3,(H,27,30). The van der Waals surface area contributed by atoms with E-state index in [0.717, 1.165) is 49.5 Å². The third-order valence-electron chi connectivity index (χ3n) is 6.03. The predicted molar refractivity (Wildman–Crippen MR) is 130 cm³/mol. The monoisotopic (exact) mass is 455 g/mol. The van der Waals surface area contributed by atoms with Crippen LogP contribution in [0.2, 0.25) is 5.02 Å². The Balaban J connectivity index is 1.73. The lowest BCUT2D eigenvalue weighted by Gasteiger charge is -2.30. The van der Waals surface area contributed by atoms with E-state index >= 15 is 0 Å². The summed E-state index contributed by atoms with van der Waals surface area (Å²) < 4.78 is 5.45. The summed E-state index contributed by atoms with van der Waals surface area (Å²) in [4.78, 5) is 16.8. The number of halogens is 1. The normalized spacial score (nSPS) is 16.6. The van der Waals surface area contributed by atoms with Gasteiger partial charge in [0.2, 0.25) is 5.91 Å². The Kier molecular flexibility index (Phi) is 6.92. The van der Waals surface area contributed by atoms with Crippen molar-refractivity contribution in [3.63, 3.8) is 0 Å². The van der Waals surface area contributed by atoms with Gasteiger partial charge in [0.15, 0.2) is 0 Å². The highest BCUT2D eigenvalue weighted by Gasteiger charge is 2.27. The lowest BCUT2D eigenvalue weighted by atomic mass is 9.93. The first-order valence-electron chi connectivity index (χ1n) is 11.1. The van der Waals surface area contributed by atoms with Crippen LogP contribution in [0, 0.1) is 0 Å². The summed E-state index contributed by atoms with van der Waals surface area (Å²) in [6.45, 7) is 5.82. The van der Waals surface area contributed by atoms with Gasteiger partial charge in [-0.15, -0.1) is 0 Å². The molecule has 6 nitrogen and oxygen atoms in total. The first-order valence-corrected chi connectivity index (χ1v) is 11.5. The van der Waals surface area contributed by atoms with Crippen LogP contribution >= 0.6 is 11.6 Å². The number of carbonyl (C=O) groups excluding carboxylic acids is 1. The lowest BCUT2D eigenvalue weighted by Crippen LogP contribution is -2.36. The number of morpholine rings is 1. The molecule has 0 aromatic heterocycles. The van der Waals surface area contributed by atoms with Crippen LogP contribution in [-0.2, 0) is 9.53 Å². The number of amides is 1. The Morgan fingerprint density at radius 3 is 2.66 bits per heavy atom. The van der Waals surface area contributed by atoms with Crippen LogP contribution in [0.5, 0.6) is 5.75 Å². The summed E-state index contributed by atoms with van der Waals surface area (Å²) in [5.74, 6) is 0.0894. The summed E-state index contributed by atoms with van der Waals surface area (Å²) in [5, 5.41) is 14.9. The Morgan fingerprint density at radius 1 is 1.25 bits per heavy atom. The van der Waals surface area contributed by atoms with E-state index in [1.165, 1.54) is 0 Å². The molecule has 1 fully saturated rings. The van der Waals surface area contributed by atoms with Crippen molar-refractivity contribution < 1.29 is 14.6 Å². The number of nitrogens with one attached hydrogen (secondary N) is 1. The second-order valence-electron chi connectivity index (χ2n) is 8.28. The number of hydrogen-bond acceptors (Lipinski definition) is 5. The summed E-state index contributed by atoms with van der Waals surface area (Å²) in [6.07, 6.45) is 5.12. The van der Waals surface area contributed by atoms with Gasteiger partial charge in [-0.05, 0) is 30.2 Å². The number of nitrogens with zero attached hydrogens (tertiary/aromatic N) is 2. The molecule has 2 heterocycles. The van der Waals surface area contributed by atoms with E-state index in [9.17, 15) is 9.90 Å². The Bertz CT molecular complexity index is 1000. The van der Waals surface area contributed by atoms with Crippen molar-refractivity contribution in [2.75, 3.05) is 49.7 Å². The molecule has 2 aromatic carbocycles.